The Morgan fingerprint density at radius 2 is 1.47 bits per heavy atom. The first-order valence-corrected chi connectivity index (χ1v) is 11.4. The number of carbonyl (C=O) groups excluding carboxylic acids is 1. The van der Waals surface area contributed by atoms with Crippen LogP contribution in [0.25, 0.3) is 0 Å². The molecule has 0 saturated heterocycles. The second-order valence-electron chi connectivity index (χ2n) is 6.91. The summed E-state index contributed by atoms with van der Waals surface area (Å²) >= 11 is 0. The molecular formula is C24H26N2O3S. The summed E-state index contributed by atoms with van der Waals surface area (Å²) in [4.78, 5) is 13.0. The molecular weight excluding hydrogens is 396 g/mol. The molecule has 3 aromatic carbocycles. The normalized spacial score (nSPS) is 11.1. The van der Waals surface area contributed by atoms with Crippen molar-refractivity contribution in [2.24, 2.45) is 0 Å². The van der Waals surface area contributed by atoms with Gasteiger partial charge in [-0.2, -0.15) is 0 Å². The summed E-state index contributed by atoms with van der Waals surface area (Å²) in [5, 5.41) is 2.81. The number of para-hydroxylation sites is 1. The van der Waals surface area contributed by atoms with Crippen LogP contribution in [0.3, 0.4) is 0 Å². The fourth-order valence-corrected chi connectivity index (χ4v) is 4.71. The maximum Gasteiger partial charge on any atom is 0.264 e. The molecule has 5 nitrogen and oxygen atoms in total. The summed E-state index contributed by atoms with van der Waals surface area (Å²) < 4.78 is 28.0. The highest BCUT2D eigenvalue weighted by Crippen LogP contribution is 2.27. The van der Waals surface area contributed by atoms with Gasteiger partial charge in [0, 0.05) is 5.69 Å². The number of aryl methyl sites for hydroxylation is 2. The minimum atomic E-state index is -3.91. The van der Waals surface area contributed by atoms with E-state index in [1.165, 1.54) is 16.4 Å². The van der Waals surface area contributed by atoms with E-state index in [4.69, 9.17) is 0 Å². The van der Waals surface area contributed by atoms with Crippen molar-refractivity contribution in [1.82, 2.24) is 0 Å². The Balaban J connectivity index is 1.94. The van der Waals surface area contributed by atoms with Gasteiger partial charge in [-0.05, 0) is 54.3 Å². The number of anilines is 2. The molecule has 0 heterocycles. The first-order chi connectivity index (χ1) is 14.5. The molecule has 0 saturated carbocycles. The van der Waals surface area contributed by atoms with E-state index < -0.39 is 15.9 Å². The quantitative estimate of drug-likeness (QED) is 0.575. The second-order valence-corrected chi connectivity index (χ2v) is 8.77. The Morgan fingerprint density at radius 3 is 2.10 bits per heavy atom. The predicted molar refractivity (Wildman–Crippen MR) is 121 cm³/mol. The molecule has 3 rings (SSSR count). The molecule has 0 aromatic heterocycles. The Labute approximate surface area is 178 Å². The van der Waals surface area contributed by atoms with Gasteiger partial charge >= 0.3 is 0 Å². The van der Waals surface area contributed by atoms with Gasteiger partial charge in [-0.15, -0.1) is 0 Å². The van der Waals surface area contributed by atoms with Gasteiger partial charge in [0.25, 0.3) is 10.0 Å². The molecule has 6 heteroatoms. The summed E-state index contributed by atoms with van der Waals surface area (Å²) in [6, 6.07) is 23.0. The van der Waals surface area contributed by atoms with Gasteiger partial charge in [0.05, 0.1) is 10.6 Å². The lowest BCUT2D eigenvalue weighted by atomic mass is 10.1. The van der Waals surface area contributed by atoms with Crippen LogP contribution < -0.4 is 9.62 Å². The average Bonchev–Trinajstić information content (AvgIpc) is 2.78. The van der Waals surface area contributed by atoms with Gasteiger partial charge in [-0.25, -0.2) is 8.42 Å². The molecule has 0 radical (unpaired) electrons. The van der Waals surface area contributed by atoms with Gasteiger partial charge < -0.3 is 5.32 Å². The highest BCUT2D eigenvalue weighted by atomic mass is 32.2. The lowest BCUT2D eigenvalue weighted by Gasteiger charge is -2.26. The summed E-state index contributed by atoms with van der Waals surface area (Å²) in [7, 11) is -3.91. The van der Waals surface area contributed by atoms with Gasteiger partial charge in [-0.1, -0.05) is 62.4 Å². The predicted octanol–water partition coefficient (Wildman–Crippen LogP) is 4.65. The number of amides is 1. The molecule has 1 N–H and O–H groups in total. The zero-order valence-corrected chi connectivity index (χ0v) is 18.0. The standard InChI is InChI=1S/C24H26N2O3S/c1-3-19-14-16-21(17-15-19)25-24(27)18-26(23-13-9-8-10-20(23)4-2)30(28,29)22-11-6-5-7-12-22/h5-17H,3-4,18H2,1-2H3,(H,25,27). The number of nitrogens with one attached hydrogen (secondary N) is 1. The van der Waals surface area contributed by atoms with Crippen molar-refractivity contribution in [3.8, 4) is 0 Å². The fraction of sp³-hybridized carbons (Fsp3) is 0.208. The lowest BCUT2D eigenvalue weighted by Crippen LogP contribution is -2.38. The monoisotopic (exact) mass is 422 g/mol. The Hall–Kier alpha value is -3.12. The van der Waals surface area contributed by atoms with Crippen molar-refractivity contribution in [1.29, 1.82) is 0 Å². The number of benzene rings is 3. The third-order valence-corrected chi connectivity index (χ3v) is 6.68. The highest BCUT2D eigenvalue weighted by molar-refractivity contribution is 7.92. The summed E-state index contributed by atoms with van der Waals surface area (Å²) in [6.45, 7) is 3.70. The Morgan fingerprint density at radius 1 is 0.833 bits per heavy atom. The van der Waals surface area contributed by atoms with Crippen molar-refractivity contribution >= 4 is 27.3 Å². The van der Waals surface area contributed by atoms with Crippen molar-refractivity contribution in [2.75, 3.05) is 16.2 Å². The molecule has 3 aromatic rings. The van der Waals surface area contributed by atoms with Crippen LogP contribution in [0, 0.1) is 0 Å². The fourth-order valence-electron chi connectivity index (χ4n) is 3.23. The van der Waals surface area contributed by atoms with E-state index in [1.807, 2.05) is 43.3 Å². The van der Waals surface area contributed by atoms with Gasteiger partial charge in [0.2, 0.25) is 5.91 Å². The zero-order chi connectivity index (χ0) is 21.6. The number of hydrogen-bond donors (Lipinski definition) is 1. The van der Waals surface area contributed by atoms with Crippen LogP contribution in [0.4, 0.5) is 11.4 Å². The SMILES string of the molecule is CCc1ccc(NC(=O)CN(c2ccccc2CC)S(=O)(=O)c2ccccc2)cc1. The van der Waals surface area contributed by atoms with Crippen LogP contribution in [0.1, 0.15) is 25.0 Å². The number of hydrogen-bond acceptors (Lipinski definition) is 3. The molecule has 0 fully saturated rings. The summed E-state index contributed by atoms with van der Waals surface area (Å²) in [6.07, 6.45) is 1.56. The third-order valence-electron chi connectivity index (χ3n) is 4.91. The van der Waals surface area contributed by atoms with E-state index in [1.54, 1.807) is 30.3 Å². The highest BCUT2D eigenvalue weighted by Gasteiger charge is 2.28. The third kappa shape index (κ3) is 4.89. The van der Waals surface area contributed by atoms with Crippen LogP contribution in [0.5, 0.6) is 0 Å². The average molecular weight is 423 g/mol. The number of rotatable bonds is 8. The molecule has 0 spiro atoms. The van der Waals surface area contributed by atoms with Crippen molar-refractivity contribution in [3.05, 3.63) is 90.0 Å². The summed E-state index contributed by atoms with van der Waals surface area (Å²) in [5.74, 6) is -0.398. The van der Waals surface area contributed by atoms with Crippen LogP contribution in [0.15, 0.2) is 83.8 Å². The van der Waals surface area contributed by atoms with E-state index in [2.05, 4.69) is 12.2 Å². The number of nitrogens with zero attached hydrogens (tertiary/aromatic N) is 1. The minimum Gasteiger partial charge on any atom is -0.325 e. The van der Waals surface area contributed by atoms with Gasteiger partial charge in [0.15, 0.2) is 0 Å². The van der Waals surface area contributed by atoms with Crippen LogP contribution in [-0.2, 0) is 27.7 Å². The van der Waals surface area contributed by atoms with E-state index in [-0.39, 0.29) is 11.4 Å². The van der Waals surface area contributed by atoms with Crippen molar-refractivity contribution in [2.45, 2.75) is 31.6 Å². The minimum absolute atomic E-state index is 0.149. The molecule has 0 aliphatic carbocycles. The largest absolute Gasteiger partial charge is 0.325 e. The maximum atomic E-state index is 13.4. The Kier molecular flexibility index (Phi) is 6.90. The van der Waals surface area contributed by atoms with E-state index in [0.717, 1.165) is 17.5 Å². The molecule has 0 aliphatic rings. The zero-order valence-electron chi connectivity index (χ0n) is 17.2. The van der Waals surface area contributed by atoms with Crippen LogP contribution in [-0.4, -0.2) is 20.9 Å². The molecule has 0 bridgehead atoms. The molecule has 30 heavy (non-hydrogen) atoms. The van der Waals surface area contributed by atoms with E-state index in [9.17, 15) is 13.2 Å². The van der Waals surface area contributed by atoms with Gasteiger partial charge in [0.1, 0.15) is 6.54 Å². The molecule has 0 aliphatic heterocycles. The number of sulfonamides is 1. The first-order valence-electron chi connectivity index (χ1n) is 10.00. The molecule has 0 atom stereocenters. The van der Waals surface area contributed by atoms with Gasteiger partial charge in [-0.3, -0.25) is 9.10 Å². The van der Waals surface area contributed by atoms with Crippen LogP contribution in [0.2, 0.25) is 0 Å². The summed E-state index contributed by atoms with van der Waals surface area (Å²) in [5.41, 5.74) is 3.17. The molecule has 156 valence electrons. The van der Waals surface area contributed by atoms with E-state index in [0.29, 0.717) is 17.8 Å². The molecule has 0 unspecified atom stereocenters. The second kappa shape index (κ2) is 9.59. The first kappa shape index (κ1) is 21.6. The van der Waals surface area contributed by atoms with Crippen molar-refractivity contribution in [3.63, 3.8) is 0 Å². The topological polar surface area (TPSA) is 66.5 Å². The van der Waals surface area contributed by atoms with Crippen molar-refractivity contribution < 1.29 is 13.2 Å². The van der Waals surface area contributed by atoms with E-state index >= 15 is 0 Å². The smallest absolute Gasteiger partial charge is 0.264 e. The van der Waals surface area contributed by atoms with Crippen LogP contribution >= 0.6 is 0 Å². The Bertz CT molecular complexity index is 1090. The maximum absolute atomic E-state index is 13.4. The molecule has 1 amide bonds. The number of carbonyl (C=O) groups is 1. The lowest BCUT2D eigenvalue weighted by molar-refractivity contribution is -0.114.